The Bertz CT molecular complexity index is 870. The van der Waals surface area contributed by atoms with E-state index in [9.17, 15) is 15.0 Å². The maximum Gasteiger partial charge on any atom is 0.149 e. The molecule has 0 aromatic heterocycles. The summed E-state index contributed by atoms with van der Waals surface area (Å²) < 4.78 is 5.98. The van der Waals surface area contributed by atoms with Crippen molar-refractivity contribution in [1.29, 1.82) is 0 Å². The van der Waals surface area contributed by atoms with Crippen LogP contribution in [-0.4, -0.2) is 41.5 Å². The van der Waals surface area contributed by atoms with Crippen LogP contribution in [-0.2, 0) is 9.53 Å². The minimum Gasteiger partial charge on any atom is -0.487 e. The highest BCUT2D eigenvalue weighted by Crippen LogP contribution is 2.49. The topological polar surface area (TPSA) is 78.8 Å². The second-order valence-electron chi connectivity index (χ2n) is 10.2. The number of aliphatic hydroxyl groups is 2. The molecule has 3 N–H and O–H groups in total. The Morgan fingerprint density at radius 3 is 2.47 bits per heavy atom. The van der Waals surface area contributed by atoms with Crippen LogP contribution in [0.15, 0.2) is 52.0 Å². The van der Waals surface area contributed by atoms with E-state index in [1.807, 2.05) is 12.9 Å². The lowest BCUT2D eigenvalue weighted by atomic mass is 9.63. The third-order valence-electron chi connectivity index (χ3n) is 7.34. The highest BCUT2D eigenvalue weighted by Gasteiger charge is 2.39. The average Bonchev–Trinajstić information content (AvgIpc) is 2.72. The molecular weight excluding hydrogens is 402 g/mol. The van der Waals surface area contributed by atoms with Crippen molar-refractivity contribution in [3.63, 3.8) is 0 Å². The number of hydrogen-bond donors (Lipinski definition) is 3. The van der Waals surface area contributed by atoms with Gasteiger partial charge in [-0.15, -0.1) is 0 Å². The molecule has 0 aromatic carbocycles. The number of aliphatic hydroxyl groups excluding tert-OH is 2. The van der Waals surface area contributed by atoms with Crippen LogP contribution >= 0.6 is 0 Å². The fourth-order valence-electron chi connectivity index (χ4n) is 4.65. The molecule has 5 heteroatoms. The first kappa shape index (κ1) is 26.2. The van der Waals surface area contributed by atoms with Crippen LogP contribution in [0.1, 0.15) is 61.8 Å². The molecule has 0 amide bonds. The summed E-state index contributed by atoms with van der Waals surface area (Å²) in [7, 11) is 0. The number of rotatable bonds is 9. The van der Waals surface area contributed by atoms with E-state index in [1.54, 1.807) is 6.92 Å². The van der Waals surface area contributed by atoms with Crippen molar-refractivity contribution in [1.82, 2.24) is 5.32 Å². The van der Waals surface area contributed by atoms with Crippen molar-refractivity contribution < 1.29 is 19.7 Å². The van der Waals surface area contributed by atoms with Gasteiger partial charge in [0.05, 0.1) is 12.2 Å². The molecule has 0 heterocycles. The van der Waals surface area contributed by atoms with E-state index in [4.69, 9.17) is 4.74 Å². The number of ether oxygens (including phenoxy) is 1. The van der Waals surface area contributed by atoms with E-state index < -0.39 is 12.2 Å². The molecule has 0 fully saturated rings. The van der Waals surface area contributed by atoms with Crippen LogP contribution < -0.4 is 5.32 Å². The molecule has 0 spiro atoms. The number of hydrogen-bond acceptors (Lipinski definition) is 5. The van der Waals surface area contributed by atoms with Crippen molar-refractivity contribution in [3.05, 3.63) is 52.0 Å². The second-order valence-corrected chi connectivity index (χ2v) is 10.2. The standard InChI is InChI=1S/C27H41NO4/c1-16(2)24-11-22(9-17(3)26(24)31)12-27(8)18(4)10-25(20(6)21(27)7)32-15-23(14-29)28-13-19(5)30/h9-11,16,19,21,24,26,28,30-31H,12-13,15H2,1-8H3/t19?,21-,24-,26?,27?/m0/s1. The summed E-state index contributed by atoms with van der Waals surface area (Å²) >= 11 is 0. The lowest BCUT2D eigenvalue weighted by Crippen LogP contribution is -2.33. The molecule has 0 bridgehead atoms. The van der Waals surface area contributed by atoms with Crippen LogP contribution in [0.2, 0.25) is 0 Å². The quantitative estimate of drug-likeness (QED) is 0.458. The van der Waals surface area contributed by atoms with Gasteiger partial charge in [0, 0.05) is 12.5 Å². The van der Waals surface area contributed by atoms with Crippen molar-refractivity contribution in [2.75, 3.05) is 13.2 Å². The summed E-state index contributed by atoms with van der Waals surface area (Å²) in [6.45, 7) is 17.1. The Kier molecular flexibility index (Phi) is 8.75. The molecule has 0 aliphatic heterocycles. The van der Waals surface area contributed by atoms with Gasteiger partial charge in [0.15, 0.2) is 0 Å². The first-order valence-electron chi connectivity index (χ1n) is 11.7. The Hall–Kier alpha value is -2.07. The van der Waals surface area contributed by atoms with Crippen LogP contribution in [0.5, 0.6) is 0 Å². The van der Waals surface area contributed by atoms with Gasteiger partial charge in [-0.2, -0.15) is 0 Å². The maximum absolute atomic E-state index is 11.2. The van der Waals surface area contributed by atoms with Crippen LogP contribution in [0, 0.1) is 23.2 Å². The summed E-state index contributed by atoms with van der Waals surface area (Å²) in [5.74, 6) is 3.42. The van der Waals surface area contributed by atoms with Gasteiger partial charge in [0.2, 0.25) is 0 Å². The molecule has 3 unspecified atom stereocenters. The fraction of sp³-hybridized carbons (Fsp3) is 0.630. The fourth-order valence-corrected chi connectivity index (χ4v) is 4.65. The summed E-state index contributed by atoms with van der Waals surface area (Å²) in [5, 5.41) is 22.9. The Morgan fingerprint density at radius 2 is 1.91 bits per heavy atom. The average molecular weight is 444 g/mol. The first-order chi connectivity index (χ1) is 14.9. The predicted octanol–water partition coefficient (Wildman–Crippen LogP) is 4.47. The molecule has 32 heavy (non-hydrogen) atoms. The second kappa shape index (κ2) is 10.7. The molecule has 0 saturated carbocycles. The van der Waals surface area contributed by atoms with E-state index in [0.717, 1.165) is 23.3 Å². The minimum absolute atomic E-state index is 0.0721. The molecule has 0 radical (unpaired) electrons. The van der Waals surface area contributed by atoms with Gasteiger partial charge < -0.3 is 20.3 Å². The predicted molar refractivity (Wildman–Crippen MR) is 129 cm³/mol. The molecule has 5 atom stereocenters. The number of nitrogens with one attached hydrogen (secondary N) is 1. The van der Waals surface area contributed by atoms with Crippen LogP contribution in [0.3, 0.4) is 0 Å². The third-order valence-corrected chi connectivity index (χ3v) is 7.34. The zero-order chi connectivity index (χ0) is 24.2. The van der Waals surface area contributed by atoms with Crippen LogP contribution in [0.4, 0.5) is 0 Å². The minimum atomic E-state index is -0.556. The molecule has 0 saturated heterocycles. The smallest absolute Gasteiger partial charge is 0.149 e. The lowest BCUT2D eigenvalue weighted by Gasteiger charge is -2.42. The third kappa shape index (κ3) is 5.83. The normalized spacial score (nSPS) is 29.1. The number of allylic oxidation sites excluding steroid dienone is 5. The van der Waals surface area contributed by atoms with Gasteiger partial charge in [-0.25, -0.2) is 4.79 Å². The molecule has 0 aromatic rings. The monoisotopic (exact) mass is 443 g/mol. The number of carbonyl (C=O) groups excluding carboxylic acids is 1. The Balaban J connectivity index is 2.20. The van der Waals surface area contributed by atoms with E-state index in [2.05, 4.69) is 65.1 Å². The van der Waals surface area contributed by atoms with E-state index in [1.165, 1.54) is 11.1 Å². The van der Waals surface area contributed by atoms with Crippen molar-refractivity contribution in [3.8, 4) is 0 Å². The zero-order valence-corrected chi connectivity index (χ0v) is 21.0. The lowest BCUT2D eigenvalue weighted by molar-refractivity contribution is 0.136. The van der Waals surface area contributed by atoms with Crippen molar-refractivity contribution >= 4 is 5.94 Å². The van der Waals surface area contributed by atoms with E-state index >= 15 is 0 Å². The first-order valence-corrected chi connectivity index (χ1v) is 11.7. The zero-order valence-electron chi connectivity index (χ0n) is 21.0. The molecular formula is C27H41NO4. The summed E-state index contributed by atoms with van der Waals surface area (Å²) in [6, 6.07) is 0. The molecule has 2 rings (SSSR count). The van der Waals surface area contributed by atoms with Crippen molar-refractivity contribution in [2.24, 2.45) is 23.2 Å². The summed E-state index contributed by atoms with van der Waals surface area (Å²) in [4.78, 5) is 11.2. The molecule has 2 aliphatic rings. The van der Waals surface area contributed by atoms with Crippen LogP contribution in [0.25, 0.3) is 0 Å². The molecule has 5 nitrogen and oxygen atoms in total. The van der Waals surface area contributed by atoms with E-state index in [-0.39, 0.29) is 30.4 Å². The van der Waals surface area contributed by atoms with Gasteiger partial charge in [-0.3, -0.25) is 0 Å². The largest absolute Gasteiger partial charge is 0.487 e. The maximum atomic E-state index is 11.2. The SMILES string of the molecule is CC1=CC(CC2(C)C(C)=CC(OCC(=C=O)NCC(C)O)=C(C)[C@@H]2C)=C[C@@H](C(C)C)C1O. The Labute approximate surface area is 193 Å². The van der Waals surface area contributed by atoms with Gasteiger partial charge >= 0.3 is 0 Å². The van der Waals surface area contributed by atoms with Gasteiger partial charge in [-0.1, -0.05) is 51.0 Å². The highest BCUT2D eigenvalue weighted by molar-refractivity contribution is 5.52. The summed E-state index contributed by atoms with van der Waals surface area (Å²) in [6.07, 6.45) is 6.42. The van der Waals surface area contributed by atoms with E-state index in [0.29, 0.717) is 11.6 Å². The molecule has 178 valence electrons. The van der Waals surface area contributed by atoms with Gasteiger partial charge in [0.1, 0.15) is 24.0 Å². The molecule has 2 aliphatic carbocycles. The Morgan fingerprint density at radius 1 is 1.25 bits per heavy atom. The van der Waals surface area contributed by atoms with Gasteiger partial charge in [-0.05, 0) is 68.6 Å². The highest BCUT2D eigenvalue weighted by atomic mass is 16.5. The van der Waals surface area contributed by atoms with Crippen molar-refractivity contribution in [2.45, 2.75) is 74.0 Å². The summed E-state index contributed by atoms with van der Waals surface area (Å²) in [5.41, 5.74) is 4.92. The van der Waals surface area contributed by atoms with Gasteiger partial charge in [0.25, 0.3) is 0 Å².